The van der Waals surface area contributed by atoms with Crippen molar-refractivity contribution in [2.75, 3.05) is 58.9 Å². The first kappa shape index (κ1) is 22.1. The smallest absolute Gasteiger partial charge is 0.253 e. The largest absolute Gasteiger partial charge is 0.342 e. The van der Waals surface area contributed by atoms with Crippen LogP contribution in [0.3, 0.4) is 0 Å². The van der Waals surface area contributed by atoms with Gasteiger partial charge >= 0.3 is 0 Å². The van der Waals surface area contributed by atoms with Gasteiger partial charge in [-0.3, -0.25) is 19.3 Å². The van der Waals surface area contributed by atoms with Crippen molar-refractivity contribution in [3.05, 3.63) is 34.9 Å². The van der Waals surface area contributed by atoms with Crippen LogP contribution in [0, 0.1) is 5.92 Å². The number of hydrogen-bond acceptors (Lipinski definition) is 4. The Morgan fingerprint density at radius 1 is 0.806 bits per heavy atom. The van der Waals surface area contributed by atoms with E-state index >= 15 is 0 Å². The summed E-state index contributed by atoms with van der Waals surface area (Å²) in [4.78, 5) is 46.1. The van der Waals surface area contributed by atoms with Crippen LogP contribution in [-0.4, -0.2) is 96.2 Å². The van der Waals surface area contributed by atoms with Crippen LogP contribution in [0.25, 0.3) is 0 Å². The van der Waals surface area contributed by atoms with E-state index in [1.807, 2.05) is 9.80 Å². The molecule has 1 atom stereocenters. The molecule has 3 fully saturated rings. The Morgan fingerprint density at radius 2 is 1.45 bits per heavy atom. The maximum atomic E-state index is 13.1. The van der Waals surface area contributed by atoms with Crippen molar-refractivity contribution < 1.29 is 14.4 Å². The van der Waals surface area contributed by atoms with Gasteiger partial charge in [0.2, 0.25) is 11.8 Å². The second-order valence-corrected chi connectivity index (χ2v) is 9.22. The van der Waals surface area contributed by atoms with Crippen LogP contribution >= 0.6 is 11.6 Å². The molecule has 3 aliphatic rings. The summed E-state index contributed by atoms with van der Waals surface area (Å²) in [5, 5.41) is 0.601. The standard InChI is InChI=1S/C23H31ClN4O3/c24-20-7-5-18(6-8-20)22(30)28-11-3-4-19(16-28)23(31)27-14-12-25(13-15-27)17-21(29)26-9-1-2-10-26/h5-8,19H,1-4,9-17H2/t19-/m0/s1. The molecule has 0 aromatic heterocycles. The number of hydrogen-bond donors (Lipinski definition) is 0. The zero-order valence-electron chi connectivity index (χ0n) is 18.0. The van der Waals surface area contributed by atoms with Gasteiger partial charge in [0.05, 0.1) is 12.5 Å². The first-order chi connectivity index (χ1) is 15.0. The van der Waals surface area contributed by atoms with Gasteiger partial charge in [0.25, 0.3) is 5.91 Å². The highest BCUT2D eigenvalue weighted by Gasteiger charge is 2.33. The zero-order chi connectivity index (χ0) is 21.8. The minimum atomic E-state index is -0.150. The molecule has 0 spiro atoms. The average Bonchev–Trinajstić information content (AvgIpc) is 3.34. The molecule has 8 heteroatoms. The highest BCUT2D eigenvalue weighted by atomic mass is 35.5. The van der Waals surface area contributed by atoms with E-state index in [4.69, 9.17) is 11.6 Å². The molecule has 1 aromatic rings. The Morgan fingerprint density at radius 3 is 2.13 bits per heavy atom. The van der Waals surface area contributed by atoms with E-state index in [0.717, 1.165) is 51.9 Å². The number of nitrogens with zero attached hydrogens (tertiary/aromatic N) is 4. The fourth-order valence-electron chi connectivity index (χ4n) is 4.78. The van der Waals surface area contributed by atoms with Crippen molar-refractivity contribution in [3.8, 4) is 0 Å². The fourth-order valence-corrected chi connectivity index (χ4v) is 4.91. The first-order valence-corrected chi connectivity index (χ1v) is 11.7. The number of likely N-dealkylation sites (tertiary alicyclic amines) is 2. The van der Waals surface area contributed by atoms with E-state index in [9.17, 15) is 14.4 Å². The Balaban J connectivity index is 1.27. The third-order valence-electron chi connectivity index (χ3n) is 6.65. The number of rotatable bonds is 4. The fraction of sp³-hybridized carbons (Fsp3) is 0.609. The molecule has 3 aliphatic heterocycles. The number of piperazine rings is 1. The monoisotopic (exact) mass is 446 g/mol. The van der Waals surface area contributed by atoms with Gasteiger partial charge in [-0.2, -0.15) is 0 Å². The normalized spacial score (nSPS) is 22.6. The minimum Gasteiger partial charge on any atom is -0.342 e. The highest BCUT2D eigenvalue weighted by molar-refractivity contribution is 6.30. The lowest BCUT2D eigenvalue weighted by Crippen LogP contribution is -2.54. The van der Waals surface area contributed by atoms with Crippen LogP contribution in [0.5, 0.6) is 0 Å². The molecule has 0 bridgehead atoms. The molecule has 3 amide bonds. The molecule has 0 radical (unpaired) electrons. The highest BCUT2D eigenvalue weighted by Crippen LogP contribution is 2.22. The molecule has 3 heterocycles. The molecular weight excluding hydrogens is 416 g/mol. The van der Waals surface area contributed by atoms with Crippen LogP contribution in [0.4, 0.5) is 0 Å². The van der Waals surface area contributed by atoms with Gasteiger partial charge in [-0.1, -0.05) is 11.6 Å². The first-order valence-electron chi connectivity index (χ1n) is 11.3. The lowest BCUT2D eigenvalue weighted by molar-refractivity contribution is -0.139. The summed E-state index contributed by atoms with van der Waals surface area (Å²) in [6.45, 7) is 6.10. The SMILES string of the molecule is O=C(CN1CCN(C(=O)[C@H]2CCCN(C(=O)c3ccc(Cl)cc3)C2)CC1)N1CCCC1. The second-order valence-electron chi connectivity index (χ2n) is 8.79. The Kier molecular flexibility index (Phi) is 7.13. The van der Waals surface area contributed by atoms with Crippen LogP contribution in [-0.2, 0) is 9.59 Å². The summed E-state index contributed by atoms with van der Waals surface area (Å²) in [5.74, 6) is 0.155. The van der Waals surface area contributed by atoms with E-state index in [-0.39, 0.29) is 23.6 Å². The van der Waals surface area contributed by atoms with Gasteiger partial charge < -0.3 is 14.7 Å². The Hall–Kier alpha value is -2.12. The molecule has 1 aromatic carbocycles. The van der Waals surface area contributed by atoms with Crippen molar-refractivity contribution >= 4 is 29.3 Å². The molecule has 4 rings (SSSR count). The van der Waals surface area contributed by atoms with E-state index < -0.39 is 0 Å². The van der Waals surface area contributed by atoms with E-state index in [1.165, 1.54) is 0 Å². The second kappa shape index (κ2) is 10.0. The molecule has 31 heavy (non-hydrogen) atoms. The van der Waals surface area contributed by atoms with Crippen LogP contribution in [0.2, 0.25) is 5.02 Å². The molecule has 0 saturated carbocycles. The van der Waals surface area contributed by atoms with Gasteiger partial charge in [-0.25, -0.2) is 0 Å². The summed E-state index contributed by atoms with van der Waals surface area (Å²) >= 11 is 5.92. The van der Waals surface area contributed by atoms with Crippen LogP contribution < -0.4 is 0 Å². The van der Waals surface area contributed by atoms with Gasteiger partial charge in [0, 0.05) is 62.9 Å². The number of halogens is 1. The van der Waals surface area contributed by atoms with Crippen LogP contribution in [0.1, 0.15) is 36.0 Å². The van der Waals surface area contributed by atoms with Crippen molar-refractivity contribution in [2.24, 2.45) is 5.92 Å². The van der Waals surface area contributed by atoms with E-state index in [0.29, 0.717) is 43.3 Å². The van der Waals surface area contributed by atoms with Crippen molar-refractivity contribution in [1.82, 2.24) is 19.6 Å². The summed E-state index contributed by atoms with van der Waals surface area (Å²) in [7, 11) is 0. The zero-order valence-corrected chi connectivity index (χ0v) is 18.7. The predicted molar refractivity (Wildman–Crippen MR) is 119 cm³/mol. The summed E-state index contributed by atoms with van der Waals surface area (Å²) in [6.07, 6.45) is 3.86. The Labute approximate surface area is 188 Å². The predicted octanol–water partition coefficient (Wildman–Crippen LogP) is 1.96. The molecule has 168 valence electrons. The average molecular weight is 447 g/mol. The number of carbonyl (C=O) groups is 3. The molecular formula is C23H31ClN4O3. The maximum absolute atomic E-state index is 13.1. The molecule has 0 N–H and O–H groups in total. The van der Waals surface area contributed by atoms with Crippen molar-refractivity contribution in [3.63, 3.8) is 0 Å². The van der Waals surface area contributed by atoms with Gasteiger partial charge in [-0.05, 0) is 49.9 Å². The number of amides is 3. The summed E-state index contributed by atoms with van der Waals surface area (Å²) < 4.78 is 0. The third-order valence-corrected chi connectivity index (χ3v) is 6.90. The minimum absolute atomic E-state index is 0.0422. The lowest BCUT2D eigenvalue weighted by atomic mass is 9.95. The quantitative estimate of drug-likeness (QED) is 0.709. The maximum Gasteiger partial charge on any atom is 0.253 e. The van der Waals surface area contributed by atoms with E-state index in [2.05, 4.69) is 4.90 Å². The lowest BCUT2D eigenvalue weighted by Gasteiger charge is -2.39. The van der Waals surface area contributed by atoms with Gasteiger partial charge in [0.15, 0.2) is 0 Å². The third kappa shape index (κ3) is 5.39. The number of carbonyl (C=O) groups excluding carboxylic acids is 3. The molecule has 7 nitrogen and oxygen atoms in total. The molecule has 0 aliphatic carbocycles. The molecule has 3 saturated heterocycles. The Bertz CT molecular complexity index is 802. The number of benzene rings is 1. The van der Waals surface area contributed by atoms with Gasteiger partial charge in [0.1, 0.15) is 0 Å². The van der Waals surface area contributed by atoms with E-state index in [1.54, 1.807) is 29.2 Å². The van der Waals surface area contributed by atoms with Crippen molar-refractivity contribution in [2.45, 2.75) is 25.7 Å². The van der Waals surface area contributed by atoms with Gasteiger partial charge in [-0.15, -0.1) is 0 Å². The van der Waals surface area contributed by atoms with Crippen LogP contribution in [0.15, 0.2) is 24.3 Å². The van der Waals surface area contributed by atoms with Crippen molar-refractivity contribution in [1.29, 1.82) is 0 Å². The number of piperidine rings is 1. The summed E-state index contributed by atoms with van der Waals surface area (Å²) in [5.41, 5.74) is 0.605. The molecule has 0 unspecified atom stereocenters. The topological polar surface area (TPSA) is 64.2 Å². The summed E-state index contributed by atoms with van der Waals surface area (Å²) in [6, 6.07) is 6.90.